The van der Waals surface area contributed by atoms with Gasteiger partial charge in [0.05, 0.1) is 35.3 Å². The highest BCUT2D eigenvalue weighted by atomic mass is 19.2. The van der Waals surface area contributed by atoms with Crippen LogP contribution in [0.15, 0.2) is 36.7 Å². The number of amides is 1. The molecule has 2 aliphatic rings. The van der Waals surface area contributed by atoms with E-state index in [0.717, 1.165) is 31.0 Å². The summed E-state index contributed by atoms with van der Waals surface area (Å²) >= 11 is 0. The summed E-state index contributed by atoms with van der Waals surface area (Å²) in [6.07, 6.45) is 6.28. The number of pyridine rings is 1. The van der Waals surface area contributed by atoms with Gasteiger partial charge in [0.1, 0.15) is 11.4 Å². The Hall–Kier alpha value is -3.00. The number of fused-ring (bicyclic) bond motifs is 3. The van der Waals surface area contributed by atoms with E-state index in [-0.39, 0.29) is 28.4 Å². The largest absolute Gasteiger partial charge is 0.490 e. The molecule has 8 heteroatoms. The maximum Gasteiger partial charge on any atom is 0.261 e. The van der Waals surface area contributed by atoms with Crippen LogP contribution in [0, 0.1) is 11.6 Å². The van der Waals surface area contributed by atoms with Crippen molar-refractivity contribution in [1.29, 1.82) is 0 Å². The molecular formula is C24H25F2N3O3. The zero-order valence-corrected chi connectivity index (χ0v) is 18.2. The molecule has 6 nitrogen and oxygen atoms in total. The molecule has 0 radical (unpaired) electrons. The minimum absolute atomic E-state index is 0.0954. The molecule has 1 aromatic carbocycles. The van der Waals surface area contributed by atoms with Gasteiger partial charge >= 0.3 is 0 Å². The van der Waals surface area contributed by atoms with Crippen molar-refractivity contribution in [3.8, 4) is 5.75 Å². The van der Waals surface area contributed by atoms with Crippen molar-refractivity contribution in [2.24, 2.45) is 0 Å². The Balaban J connectivity index is 1.54. The molecule has 1 saturated heterocycles. The molecule has 2 atom stereocenters. The van der Waals surface area contributed by atoms with Crippen molar-refractivity contribution >= 4 is 17.2 Å². The Morgan fingerprint density at radius 1 is 1.28 bits per heavy atom. The van der Waals surface area contributed by atoms with Crippen LogP contribution >= 0.6 is 0 Å². The Morgan fingerprint density at radius 3 is 2.75 bits per heavy atom. The Morgan fingerprint density at radius 2 is 2.09 bits per heavy atom. The number of rotatable bonds is 5. The zero-order valence-electron chi connectivity index (χ0n) is 18.2. The van der Waals surface area contributed by atoms with Gasteiger partial charge in [-0.15, -0.1) is 0 Å². The van der Waals surface area contributed by atoms with E-state index in [1.807, 2.05) is 20.0 Å². The van der Waals surface area contributed by atoms with Crippen LogP contribution in [0.1, 0.15) is 56.1 Å². The third-order valence-electron chi connectivity index (χ3n) is 6.45. The molecule has 1 N–H and O–H groups in total. The van der Waals surface area contributed by atoms with Crippen LogP contribution in [0.4, 0.5) is 14.5 Å². The summed E-state index contributed by atoms with van der Waals surface area (Å²) in [7, 11) is 0. The summed E-state index contributed by atoms with van der Waals surface area (Å²) < 4.78 is 41.3. The molecule has 2 unspecified atom stereocenters. The first-order chi connectivity index (χ1) is 15.2. The zero-order chi connectivity index (χ0) is 22.7. The molecule has 168 valence electrons. The van der Waals surface area contributed by atoms with E-state index in [9.17, 15) is 13.6 Å². The van der Waals surface area contributed by atoms with E-state index in [0.29, 0.717) is 18.0 Å². The second-order valence-electron chi connectivity index (χ2n) is 9.36. The number of ether oxygens (including phenoxy) is 2. The number of nitrogens with one attached hydrogen (secondary N) is 1. The molecule has 3 aromatic rings. The number of carbonyl (C=O) groups excluding carboxylic acids is 1. The molecule has 1 amide bonds. The van der Waals surface area contributed by atoms with Gasteiger partial charge in [-0.2, -0.15) is 0 Å². The quantitative estimate of drug-likeness (QED) is 0.614. The van der Waals surface area contributed by atoms with E-state index in [4.69, 9.17) is 14.5 Å². The van der Waals surface area contributed by atoms with E-state index in [1.165, 1.54) is 12.1 Å². The van der Waals surface area contributed by atoms with Crippen LogP contribution in [-0.2, 0) is 10.2 Å². The highest BCUT2D eigenvalue weighted by Crippen LogP contribution is 2.53. The number of imidazole rings is 1. The van der Waals surface area contributed by atoms with Crippen LogP contribution < -0.4 is 10.1 Å². The minimum Gasteiger partial charge on any atom is -0.490 e. The number of hydrogen-bond donors (Lipinski definition) is 1. The molecule has 1 aliphatic carbocycles. The maximum absolute atomic E-state index is 14.1. The van der Waals surface area contributed by atoms with Gasteiger partial charge in [0.25, 0.3) is 5.91 Å². The molecule has 2 bridgehead atoms. The number of carbonyl (C=O) groups is 1. The van der Waals surface area contributed by atoms with Gasteiger partial charge in [0, 0.05) is 23.9 Å². The predicted octanol–water partition coefficient (Wildman–Crippen LogP) is 4.86. The number of hydrogen-bond acceptors (Lipinski definition) is 4. The molecule has 1 aliphatic heterocycles. The maximum atomic E-state index is 14.1. The van der Waals surface area contributed by atoms with Crippen molar-refractivity contribution in [2.45, 2.75) is 57.2 Å². The average Bonchev–Trinajstić information content (AvgIpc) is 3.41. The summed E-state index contributed by atoms with van der Waals surface area (Å²) in [6.45, 7) is 6.47. The second kappa shape index (κ2) is 7.27. The number of aromatic nitrogens is 2. The summed E-state index contributed by atoms with van der Waals surface area (Å²) in [5.74, 6) is -2.41. The van der Waals surface area contributed by atoms with Crippen molar-refractivity contribution in [1.82, 2.24) is 9.38 Å². The van der Waals surface area contributed by atoms with Gasteiger partial charge in [-0.25, -0.2) is 13.8 Å². The van der Waals surface area contributed by atoms with Crippen LogP contribution in [-0.4, -0.2) is 33.6 Å². The molecule has 5 rings (SSSR count). The smallest absolute Gasteiger partial charge is 0.261 e. The monoisotopic (exact) mass is 441 g/mol. The topological polar surface area (TPSA) is 64.9 Å². The van der Waals surface area contributed by atoms with Gasteiger partial charge in [-0.05, 0) is 52.2 Å². The Bertz CT molecular complexity index is 1210. The normalized spacial score (nSPS) is 24.4. The predicted molar refractivity (Wildman–Crippen MR) is 115 cm³/mol. The molecule has 32 heavy (non-hydrogen) atoms. The van der Waals surface area contributed by atoms with E-state index in [1.54, 1.807) is 16.7 Å². The number of halogens is 2. The molecule has 1 saturated carbocycles. The van der Waals surface area contributed by atoms with Crippen molar-refractivity contribution in [3.63, 3.8) is 0 Å². The molecule has 3 heterocycles. The molecule has 2 fully saturated rings. The number of nitrogens with zero attached hydrogens (tertiary/aromatic N) is 2. The molecular weight excluding hydrogens is 416 g/mol. The van der Waals surface area contributed by atoms with E-state index < -0.39 is 17.5 Å². The third kappa shape index (κ3) is 3.43. The average molecular weight is 441 g/mol. The van der Waals surface area contributed by atoms with Crippen LogP contribution in [0.3, 0.4) is 0 Å². The lowest BCUT2D eigenvalue weighted by atomic mass is 9.84. The molecule has 0 spiro atoms. The lowest BCUT2D eigenvalue weighted by Gasteiger charge is -2.24. The Kier molecular flexibility index (Phi) is 4.74. The number of benzene rings is 1. The van der Waals surface area contributed by atoms with Gasteiger partial charge in [-0.3, -0.25) is 4.79 Å². The number of anilines is 1. The third-order valence-corrected chi connectivity index (χ3v) is 6.45. The lowest BCUT2D eigenvalue weighted by molar-refractivity contribution is -0.00627. The molecule has 2 aromatic heterocycles. The fourth-order valence-corrected chi connectivity index (χ4v) is 4.83. The van der Waals surface area contributed by atoms with Crippen molar-refractivity contribution in [2.75, 3.05) is 11.9 Å². The summed E-state index contributed by atoms with van der Waals surface area (Å²) in [5.41, 5.74) is 1.34. The minimum atomic E-state index is -1.11. The van der Waals surface area contributed by atoms with Crippen LogP contribution in [0.25, 0.3) is 5.65 Å². The summed E-state index contributed by atoms with van der Waals surface area (Å²) in [6, 6.07) is 5.35. The van der Waals surface area contributed by atoms with E-state index in [2.05, 4.69) is 12.2 Å². The first kappa shape index (κ1) is 20.9. The summed E-state index contributed by atoms with van der Waals surface area (Å²) in [4.78, 5) is 17.9. The Labute approximate surface area is 184 Å². The fraction of sp³-hybridized carbons (Fsp3) is 0.417. The SMILES string of the molecule is CC(C)Oc1cc2nc(C34CCC(C)(C3)OC4)cn2cc1C(=O)Nc1cccc(F)c1F. The van der Waals surface area contributed by atoms with Crippen molar-refractivity contribution in [3.05, 3.63) is 59.6 Å². The van der Waals surface area contributed by atoms with Gasteiger partial charge in [0.2, 0.25) is 0 Å². The van der Waals surface area contributed by atoms with Crippen LogP contribution in [0.2, 0.25) is 0 Å². The highest BCUT2D eigenvalue weighted by molar-refractivity contribution is 6.06. The summed E-state index contributed by atoms with van der Waals surface area (Å²) in [5, 5.41) is 2.45. The first-order valence-electron chi connectivity index (χ1n) is 10.8. The van der Waals surface area contributed by atoms with Gasteiger partial charge < -0.3 is 19.2 Å². The standard InChI is InChI=1S/C24H25F2N3O3/c1-14(2)32-18-9-20-28-19(24-8-7-23(3,12-24)31-13-24)11-29(20)10-15(18)22(30)27-17-6-4-5-16(25)21(17)26/h4-6,9-11,14H,7-8,12-13H2,1-3H3,(H,27,30). The first-order valence-corrected chi connectivity index (χ1v) is 10.8. The fourth-order valence-electron chi connectivity index (χ4n) is 4.83. The highest BCUT2D eigenvalue weighted by Gasteiger charge is 2.55. The van der Waals surface area contributed by atoms with E-state index >= 15 is 0 Å². The second-order valence-corrected chi connectivity index (χ2v) is 9.36. The van der Waals surface area contributed by atoms with Crippen LogP contribution in [0.5, 0.6) is 5.75 Å². The van der Waals surface area contributed by atoms with Gasteiger partial charge in [-0.1, -0.05) is 6.07 Å². The van der Waals surface area contributed by atoms with Gasteiger partial charge in [0.15, 0.2) is 11.6 Å². The van der Waals surface area contributed by atoms with Crippen molar-refractivity contribution < 1.29 is 23.0 Å². The lowest BCUT2D eigenvalue weighted by Crippen LogP contribution is -2.26.